The van der Waals surface area contributed by atoms with Gasteiger partial charge in [-0.15, -0.1) is 0 Å². The van der Waals surface area contributed by atoms with Crippen LogP contribution in [0.25, 0.3) is 21.9 Å². The number of carbonyl (C=O) groups is 1. The monoisotopic (exact) mass is 423 g/mol. The summed E-state index contributed by atoms with van der Waals surface area (Å²) in [7, 11) is 0. The van der Waals surface area contributed by atoms with Gasteiger partial charge in [0.1, 0.15) is 11.2 Å². The van der Waals surface area contributed by atoms with E-state index in [1.165, 1.54) is 0 Å². The molecule has 0 atom stereocenters. The molecule has 0 radical (unpaired) electrons. The van der Waals surface area contributed by atoms with Gasteiger partial charge in [0.2, 0.25) is 5.91 Å². The molecule has 4 aromatic rings. The van der Waals surface area contributed by atoms with E-state index in [9.17, 15) is 9.59 Å². The van der Waals surface area contributed by atoms with Gasteiger partial charge in [0.05, 0.1) is 6.26 Å². The number of nitrogens with one attached hydrogen (secondary N) is 1. The number of rotatable bonds is 5. The number of benzene rings is 2. The Labute approximate surface area is 178 Å². The Morgan fingerprint density at radius 1 is 1.07 bits per heavy atom. The van der Waals surface area contributed by atoms with Crippen LogP contribution in [-0.2, 0) is 17.8 Å². The van der Waals surface area contributed by atoms with Crippen molar-refractivity contribution in [2.45, 2.75) is 40.2 Å². The average Bonchev–Trinajstić information content (AvgIpc) is 3.08. The Morgan fingerprint density at radius 3 is 2.63 bits per heavy atom. The maximum absolute atomic E-state index is 12.6. The van der Waals surface area contributed by atoms with Gasteiger partial charge in [-0.1, -0.05) is 23.7 Å². The Hall–Kier alpha value is -3.05. The topological polar surface area (TPSA) is 72.5 Å². The van der Waals surface area contributed by atoms with Crippen molar-refractivity contribution in [2.75, 3.05) is 0 Å². The highest BCUT2D eigenvalue weighted by Gasteiger charge is 2.18. The van der Waals surface area contributed by atoms with Gasteiger partial charge >= 0.3 is 5.63 Å². The van der Waals surface area contributed by atoms with Crippen LogP contribution < -0.4 is 10.9 Å². The molecule has 0 aliphatic rings. The van der Waals surface area contributed by atoms with Crippen molar-refractivity contribution < 1.29 is 13.6 Å². The van der Waals surface area contributed by atoms with Crippen LogP contribution in [0.2, 0.25) is 5.02 Å². The smallest absolute Gasteiger partial charge is 0.339 e. The van der Waals surface area contributed by atoms with Crippen molar-refractivity contribution in [3.8, 4) is 0 Å². The summed E-state index contributed by atoms with van der Waals surface area (Å²) in [6.45, 7) is 6.16. The van der Waals surface area contributed by atoms with Gasteiger partial charge in [0.25, 0.3) is 0 Å². The number of furan rings is 1. The number of aryl methyl sites for hydroxylation is 3. The Bertz CT molecular complexity index is 1330. The minimum atomic E-state index is -0.409. The van der Waals surface area contributed by atoms with Crippen molar-refractivity contribution in [1.29, 1.82) is 0 Å². The lowest BCUT2D eigenvalue weighted by Gasteiger charge is -2.10. The van der Waals surface area contributed by atoms with Crippen molar-refractivity contribution in [3.63, 3.8) is 0 Å². The maximum Gasteiger partial charge on any atom is 0.339 e. The van der Waals surface area contributed by atoms with E-state index in [-0.39, 0.29) is 12.3 Å². The Balaban J connectivity index is 1.56. The summed E-state index contributed by atoms with van der Waals surface area (Å²) in [5, 5.41) is 5.37. The SMILES string of the molecule is Cc1coc2c(C)c3oc(=O)c(CCC(=O)NCc4cccc(Cl)c4)c(C)c3cc12. The highest BCUT2D eigenvalue weighted by Crippen LogP contribution is 2.32. The zero-order valence-corrected chi connectivity index (χ0v) is 17.9. The third-order valence-corrected chi connectivity index (χ3v) is 5.75. The molecule has 2 aromatic heterocycles. The van der Waals surface area contributed by atoms with Crippen LogP contribution in [-0.4, -0.2) is 5.91 Å². The highest BCUT2D eigenvalue weighted by molar-refractivity contribution is 6.30. The second kappa shape index (κ2) is 8.00. The normalized spacial score (nSPS) is 11.3. The number of hydrogen-bond acceptors (Lipinski definition) is 4. The molecule has 6 heteroatoms. The fourth-order valence-electron chi connectivity index (χ4n) is 3.78. The first-order valence-corrected chi connectivity index (χ1v) is 10.2. The highest BCUT2D eigenvalue weighted by atomic mass is 35.5. The van der Waals surface area contributed by atoms with Gasteiger partial charge in [-0.3, -0.25) is 4.79 Å². The number of fused-ring (bicyclic) bond motifs is 2. The fraction of sp³-hybridized carbons (Fsp3) is 0.250. The first-order chi connectivity index (χ1) is 14.3. The number of hydrogen-bond donors (Lipinski definition) is 1. The van der Waals surface area contributed by atoms with Crippen LogP contribution in [0.15, 0.2) is 50.2 Å². The first-order valence-electron chi connectivity index (χ1n) is 9.80. The molecule has 30 heavy (non-hydrogen) atoms. The third-order valence-electron chi connectivity index (χ3n) is 5.52. The molecule has 2 aromatic carbocycles. The number of amides is 1. The van der Waals surface area contributed by atoms with E-state index in [4.69, 9.17) is 20.4 Å². The molecule has 154 valence electrons. The largest absolute Gasteiger partial charge is 0.464 e. The summed E-state index contributed by atoms with van der Waals surface area (Å²) in [5.74, 6) is -0.133. The molecule has 0 aliphatic heterocycles. The summed E-state index contributed by atoms with van der Waals surface area (Å²) in [5.41, 5.74) is 4.99. The quantitative estimate of drug-likeness (QED) is 0.438. The van der Waals surface area contributed by atoms with Crippen LogP contribution in [0.5, 0.6) is 0 Å². The van der Waals surface area contributed by atoms with E-state index in [1.807, 2.05) is 45.0 Å². The third kappa shape index (κ3) is 3.73. The lowest BCUT2D eigenvalue weighted by atomic mass is 9.98. The minimum absolute atomic E-state index is 0.133. The van der Waals surface area contributed by atoms with Gasteiger partial charge in [-0.25, -0.2) is 4.79 Å². The predicted octanol–water partition coefficient (Wildman–Crippen LogP) is 5.37. The molecule has 0 spiro atoms. The van der Waals surface area contributed by atoms with Gasteiger partial charge in [0.15, 0.2) is 0 Å². The molecular formula is C24H22ClNO4. The summed E-state index contributed by atoms with van der Waals surface area (Å²) in [6, 6.07) is 9.33. The van der Waals surface area contributed by atoms with E-state index in [2.05, 4.69) is 5.32 Å². The van der Waals surface area contributed by atoms with Gasteiger partial charge < -0.3 is 14.2 Å². The maximum atomic E-state index is 12.6. The molecule has 0 fully saturated rings. The van der Waals surface area contributed by atoms with E-state index < -0.39 is 5.63 Å². The Kier molecular flexibility index (Phi) is 5.39. The molecular weight excluding hydrogens is 402 g/mol. The zero-order chi connectivity index (χ0) is 21.4. The minimum Gasteiger partial charge on any atom is -0.464 e. The fourth-order valence-corrected chi connectivity index (χ4v) is 4.00. The van der Waals surface area contributed by atoms with E-state index in [0.717, 1.165) is 38.6 Å². The number of carbonyl (C=O) groups excluding carboxylic acids is 1. The van der Waals surface area contributed by atoms with Crippen LogP contribution in [0.4, 0.5) is 0 Å². The van der Waals surface area contributed by atoms with E-state index in [1.54, 1.807) is 12.3 Å². The standard InChI is InChI=1S/C24H22ClNO4/c1-13-12-29-22-15(3)23-20(10-19(13)22)14(2)18(24(28)30-23)7-8-21(27)26-11-16-5-4-6-17(25)9-16/h4-6,9-10,12H,7-8,11H2,1-3H3,(H,26,27). The summed E-state index contributed by atoms with van der Waals surface area (Å²) in [4.78, 5) is 24.9. The first kappa shape index (κ1) is 20.2. The van der Waals surface area contributed by atoms with Crippen molar-refractivity contribution in [1.82, 2.24) is 5.32 Å². The van der Waals surface area contributed by atoms with Gasteiger partial charge in [0, 0.05) is 39.9 Å². The molecule has 0 bridgehead atoms. The lowest BCUT2D eigenvalue weighted by Crippen LogP contribution is -2.24. The van der Waals surface area contributed by atoms with Crippen LogP contribution >= 0.6 is 11.6 Å². The van der Waals surface area contributed by atoms with Crippen LogP contribution in [0, 0.1) is 20.8 Å². The molecule has 2 heterocycles. The second-order valence-electron chi connectivity index (χ2n) is 7.57. The van der Waals surface area contributed by atoms with Crippen molar-refractivity contribution >= 4 is 39.4 Å². The van der Waals surface area contributed by atoms with Crippen LogP contribution in [0.1, 0.15) is 34.2 Å². The number of halogens is 1. The van der Waals surface area contributed by atoms with Crippen molar-refractivity contribution in [3.05, 3.63) is 79.9 Å². The second-order valence-corrected chi connectivity index (χ2v) is 8.01. The molecule has 5 nitrogen and oxygen atoms in total. The molecule has 0 saturated carbocycles. The van der Waals surface area contributed by atoms with Gasteiger partial charge in [-0.2, -0.15) is 0 Å². The molecule has 0 unspecified atom stereocenters. The van der Waals surface area contributed by atoms with E-state index >= 15 is 0 Å². The van der Waals surface area contributed by atoms with Gasteiger partial charge in [-0.05, 0) is 62.1 Å². The lowest BCUT2D eigenvalue weighted by molar-refractivity contribution is -0.121. The van der Waals surface area contributed by atoms with Crippen molar-refractivity contribution in [2.24, 2.45) is 0 Å². The molecule has 1 amide bonds. The zero-order valence-electron chi connectivity index (χ0n) is 17.1. The molecule has 0 saturated heterocycles. The Morgan fingerprint density at radius 2 is 1.87 bits per heavy atom. The molecule has 4 rings (SSSR count). The summed E-state index contributed by atoms with van der Waals surface area (Å²) < 4.78 is 11.3. The predicted molar refractivity (Wildman–Crippen MR) is 118 cm³/mol. The van der Waals surface area contributed by atoms with E-state index in [0.29, 0.717) is 29.1 Å². The molecule has 1 N–H and O–H groups in total. The summed E-state index contributed by atoms with van der Waals surface area (Å²) in [6.07, 6.45) is 2.21. The van der Waals surface area contributed by atoms with Crippen LogP contribution in [0.3, 0.4) is 0 Å². The average molecular weight is 424 g/mol. The summed E-state index contributed by atoms with van der Waals surface area (Å²) >= 11 is 5.97. The molecule has 0 aliphatic carbocycles.